The average Bonchev–Trinajstić information content (AvgIpc) is 3.06. The maximum atomic E-state index is 13.1. The van der Waals surface area contributed by atoms with Gasteiger partial charge in [0.2, 0.25) is 0 Å². The highest BCUT2D eigenvalue weighted by molar-refractivity contribution is 5.94. The predicted octanol–water partition coefficient (Wildman–Crippen LogP) is 3.68. The van der Waals surface area contributed by atoms with E-state index >= 15 is 0 Å². The summed E-state index contributed by atoms with van der Waals surface area (Å²) in [4.78, 5) is 31.9. The summed E-state index contributed by atoms with van der Waals surface area (Å²) in [7, 11) is 0. The summed E-state index contributed by atoms with van der Waals surface area (Å²) in [5.74, 6) is 0.0252. The van der Waals surface area contributed by atoms with Crippen LogP contribution in [0.1, 0.15) is 36.2 Å². The number of urea groups is 1. The zero-order chi connectivity index (χ0) is 23.2. The summed E-state index contributed by atoms with van der Waals surface area (Å²) < 4.78 is 5.85. The van der Waals surface area contributed by atoms with Crippen LogP contribution in [0.25, 0.3) is 0 Å². The average molecular weight is 451 g/mol. The van der Waals surface area contributed by atoms with Crippen molar-refractivity contribution in [3.8, 4) is 0 Å². The van der Waals surface area contributed by atoms with Gasteiger partial charge in [-0.25, -0.2) is 4.79 Å². The summed E-state index contributed by atoms with van der Waals surface area (Å²) in [5, 5.41) is 3.12. The summed E-state index contributed by atoms with van der Waals surface area (Å²) in [6.45, 7) is 9.06. The second kappa shape index (κ2) is 10.8. The minimum atomic E-state index is -0.111. The molecule has 33 heavy (non-hydrogen) atoms. The molecular weight excluding hydrogens is 416 g/mol. The van der Waals surface area contributed by atoms with Gasteiger partial charge >= 0.3 is 6.03 Å². The van der Waals surface area contributed by atoms with Crippen LogP contribution in [0.4, 0.5) is 10.5 Å². The summed E-state index contributed by atoms with van der Waals surface area (Å²) in [6.07, 6.45) is 1.17. The Hall–Kier alpha value is -2.90. The molecule has 2 aliphatic rings. The molecule has 0 bridgehead atoms. The first-order valence-electron chi connectivity index (χ1n) is 11.9. The van der Waals surface area contributed by atoms with Crippen molar-refractivity contribution in [2.75, 3.05) is 44.6 Å². The van der Waals surface area contributed by atoms with Gasteiger partial charge in [0.05, 0.1) is 12.2 Å². The van der Waals surface area contributed by atoms with Crippen molar-refractivity contribution in [1.29, 1.82) is 0 Å². The van der Waals surface area contributed by atoms with Gasteiger partial charge in [-0.15, -0.1) is 0 Å². The molecule has 0 aromatic heterocycles. The van der Waals surface area contributed by atoms with Gasteiger partial charge < -0.3 is 19.9 Å². The number of morpholine rings is 1. The van der Waals surface area contributed by atoms with Crippen LogP contribution >= 0.6 is 0 Å². The van der Waals surface area contributed by atoms with E-state index in [4.69, 9.17) is 4.74 Å². The number of carbonyl (C=O) groups is 2. The third kappa shape index (κ3) is 6.12. The van der Waals surface area contributed by atoms with Crippen molar-refractivity contribution in [2.45, 2.75) is 39.0 Å². The molecule has 2 heterocycles. The van der Waals surface area contributed by atoms with Crippen molar-refractivity contribution in [1.82, 2.24) is 14.7 Å². The number of para-hydroxylation sites is 1. The van der Waals surface area contributed by atoms with E-state index in [2.05, 4.69) is 30.1 Å². The predicted molar refractivity (Wildman–Crippen MR) is 129 cm³/mol. The lowest BCUT2D eigenvalue weighted by molar-refractivity contribution is -0.0704. The zero-order valence-electron chi connectivity index (χ0n) is 19.6. The smallest absolute Gasteiger partial charge is 0.321 e. The Morgan fingerprint density at radius 1 is 0.879 bits per heavy atom. The van der Waals surface area contributed by atoms with Crippen LogP contribution in [0.15, 0.2) is 54.6 Å². The van der Waals surface area contributed by atoms with Gasteiger partial charge in [-0.3, -0.25) is 9.69 Å². The van der Waals surface area contributed by atoms with Crippen LogP contribution in [0.3, 0.4) is 0 Å². The van der Waals surface area contributed by atoms with Gasteiger partial charge in [0.15, 0.2) is 0 Å². The van der Waals surface area contributed by atoms with E-state index in [1.807, 2.05) is 58.3 Å². The van der Waals surface area contributed by atoms with Gasteiger partial charge in [0.25, 0.3) is 5.91 Å². The maximum absolute atomic E-state index is 13.1. The lowest BCUT2D eigenvalue weighted by atomic mass is 10.1. The molecule has 2 aliphatic heterocycles. The lowest BCUT2D eigenvalue weighted by Gasteiger charge is -2.35. The van der Waals surface area contributed by atoms with Gasteiger partial charge in [-0.1, -0.05) is 36.4 Å². The monoisotopic (exact) mass is 450 g/mol. The number of benzene rings is 2. The highest BCUT2D eigenvalue weighted by Crippen LogP contribution is 2.21. The van der Waals surface area contributed by atoms with Crippen LogP contribution in [0.5, 0.6) is 0 Å². The van der Waals surface area contributed by atoms with Gasteiger partial charge in [-0.05, 0) is 44.0 Å². The van der Waals surface area contributed by atoms with E-state index in [9.17, 15) is 9.59 Å². The van der Waals surface area contributed by atoms with Gasteiger partial charge in [-0.2, -0.15) is 0 Å². The Bertz CT molecular complexity index is 942. The third-order valence-corrected chi connectivity index (χ3v) is 6.24. The van der Waals surface area contributed by atoms with Crippen LogP contribution < -0.4 is 5.32 Å². The molecule has 4 rings (SSSR count). The molecule has 176 valence electrons. The molecule has 0 saturated carbocycles. The number of ether oxygens (including phenoxy) is 1. The minimum Gasteiger partial charge on any atom is -0.373 e. The Kier molecular flexibility index (Phi) is 7.62. The summed E-state index contributed by atoms with van der Waals surface area (Å²) >= 11 is 0. The molecule has 7 nitrogen and oxygen atoms in total. The van der Waals surface area contributed by atoms with E-state index in [-0.39, 0.29) is 24.1 Å². The fourth-order valence-electron chi connectivity index (χ4n) is 4.72. The molecule has 2 aromatic carbocycles. The number of nitrogens with one attached hydrogen (secondary N) is 1. The van der Waals surface area contributed by atoms with Crippen molar-refractivity contribution in [3.05, 3.63) is 65.7 Å². The molecule has 2 unspecified atom stereocenters. The molecule has 2 fully saturated rings. The molecule has 0 radical (unpaired) electrons. The number of hydrogen-bond acceptors (Lipinski definition) is 4. The molecule has 1 N–H and O–H groups in total. The SMILES string of the molecule is CC1CN(Cc2ccccc2NC(=O)N2CCCN(C(=O)c3ccccc3)CC2)CC(C)O1. The molecule has 2 saturated heterocycles. The normalized spacial score (nSPS) is 22.0. The number of nitrogens with zero attached hydrogens (tertiary/aromatic N) is 3. The number of carbonyl (C=O) groups excluding carboxylic acids is 2. The number of amides is 3. The van der Waals surface area contributed by atoms with Crippen LogP contribution in [-0.4, -0.2) is 78.1 Å². The van der Waals surface area contributed by atoms with E-state index < -0.39 is 0 Å². The molecule has 3 amide bonds. The molecular formula is C26H34N4O3. The fourth-order valence-corrected chi connectivity index (χ4v) is 4.72. The van der Waals surface area contributed by atoms with E-state index in [1.165, 1.54) is 0 Å². The molecule has 2 aromatic rings. The number of hydrogen-bond donors (Lipinski definition) is 1. The van der Waals surface area contributed by atoms with Gasteiger partial charge in [0.1, 0.15) is 0 Å². The van der Waals surface area contributed by atoms with Crippen LogP contribution in [0.2, 0.25) is 0 Å². The molecule has 0 aliphatic carbocycles. The highest BCUT2D eigenvalue weighted by atomic mass is 16.5. The first kappa shape index (κ1) is 23.3. The Morgan fingerprint density at radius 2 is 1.52 bits per heavy atom. The first-order valence-corrected chi connectivity index (χ1v) is 11.9. The molecule has 0 spiro atoms. The number of anilines is 1. The quantitative estimate of drug-likeness (QED) is 0.772. The maximum Gasteiger partial charge on any atom is 0.321 e. The van der Waals surface area contributed by atoms with E-state index in [0.717, 1.165) is 37.3 Å². The molecule has 7 heteroatoms. The van der Waals surface area contributed by atoms with Crippen LogP contribution in [0, 0.1) is 0 Å². The van der Waals surface area contributed by atoms with Crippen molar-refractivity contribution >= 4 is 17.6 Å². The van der Waals surface area contributed by atoms with Gasteiger partial charge in [0, 0.05) is 57.1 Å². The second-order valence-corrected chi connectivity index (χ2v) is 9.04. The number of rotatable bonds is 4. The standard InChI is InChI=1S/C26H34N4O3/c1-20-17-28(18-21(2)33-20)19-23-11-6-7-12-24(23)27-26(32)30-14-8-13-29(15-16-30)25(31)22-9-4-3-5-10-22/h3-7,9-12,20-21H,8,13-19H2,1-2H3,(H,27,32). The summed E-state index contributed by atoms with van der Waals surface area (Å²) in [6, 6.07) is 17.2. The largest absolute Gasteiger partial charge is 0.373 e. The van der Waals surface area contributed by atoms with E-state index in [1.54, 1.807) is 0 Å². The third-order valence-electron chi connectivity index (χ3n) is 6.24. The summed E-state index contributed by atoms with van der Waals surface area (Å²) in [5.41, 5.74) is 2.63. The lowest BCUT2D eigenvalue weighted by Crippen LogP contribution is -2.45. The Labute approximate surface area is 196 Å². The Balaban J connectivity index is 1.36. The molecule has 2 atom stereocenters. The first-order chi connectivity index (χ1) is 16.0. The fraction of sp³-hybridized carbons (Fsp3) is 0.462. The van der Waals surface area contributed by atoms with E-state index in [0.29, 0.717) is 31.7 Å². The van der Waals surface area contributed by atoms with Crippen molar-refractivity contribution in [3.63, 3.8) is 0 Å². The van der Waals surface area contributed by atoms with Crippen molar-refractivity contribution < 1.29 is 14.3 Å². The Morgan fingerprint density at radius 3 is 2.27 bits per heavy atom. The highest BCUT2D eigenvalue weighted by Gasteiger charge is 2.25. The minimum absolute atomic E-state index is 0.0252. The zero-order valence-corrected chi connectivity index (χ0v) is 19.6. The second-order valence-electron chi connectivity index (χ2n) is 9.04. The topological polar surface area (TPSA) is 65.1 Å². The van der Waals surface area contributed by atoms with Crippen molar-refractivity contribution in [2.24, 2.45) is 0 Å². The van der Waals surface area contributed by atoms with Crippen LogP contribution in [-0.2, 0) is 11.3 Å².